The summed E-state index contributed by atoms with van der Waals surface area (Å²) in [6.07, 6.45) is 5.48. The van der Waals surface area contributed by atoms with Gasteiger partial charge in [0.05, 0.1) is 6.61 Å². The van der Waals surface area contributed by atoms with Crippen LogP contribution in [0.5, 0.6) is 0 Å². The Kier molecular flexibility index (Phi) is 4.33. The number of rotatable bonds is 5. The summed E-state index contributed by atoms with van der Waals surface area (Å²) in [5.74, 6) is 0.718. The molecule has 70 valence electrons. The molecule has 0 aromatic carbocycles. The van der Waals surface area contributed by atoms with Crippen molar-refractivity contribution in [3.05, 3.63) is 12.7 Å². The molecular weight excluding hydrogens is 150 g/mol. The van der Waals surface area contributed by atoms with Crippen LogP contribution < -0.4 is 5.32 Å². The Morgan fingerprint density at radius 2 is 2.58 bits per heavy atom. The molecule has 2 atom stereocenters. The lowest BCUT2D eigenvalue weighted by Crippen LogP contribution is -2.33. The SMILES string of the molecule is C=CCCC(NC)C1CCOC1. The van der Waals surface area contributed by atoms with Gasteiger partial charge in [-0.3, -0.25) is 0 Å². The van der Waals surface area contributed by atoms with Crippen molar-refractivity contribution in [3.8, 4) is 0 Å². The highest BCUT2D eigenvalue weighted by Gasteiger charge is 2.23. The van der Waals surface area contributed by atoms with E-state index in [0.29, 0.717) is 6.04 Å². The third-order valence-electron chi connectivity index (χ3n) is 2.59. The van der Waals surface area contributed by atoms with Crippen molar-refractivity contribution >= 4 is 0 Å². The molecule has 1 aliphatic heterocycles. The van der Waals surface area contributed by atoms with Crippen molar-refractivity contribution in [1.82, 2.24) is 5.32 Å². The van der Waals surface area contributed by atoms with E-state index in [0.717, 1.165) is 25.6 Å². The molecule has 1 heterocycles. The van der Waals surface area contributed by atoms with E-state index < -0.39 is 0 Å². The second-order valence-electron chi connectivity index (χ2n) is 3.38. The third kappa shape index (κ3) is 2.61. The van der Waals surface area contributed by atoms with Gasteiger partial charge in [0, 0.05) is 12.6 Å². The Labute approximate surface area is 75.0 Å². The summed E-state index contributed by atoms with van der Waals surface area (Å²) in [7, 11) is 2.03. The molecule has 1 fully saturated rings. The van der Waals surface area contributed by atoms with Crippen molar-refractivity contribution in [2.75, 3.05) is 20.3 Å². The molecule has 1 saturated heterocycles. The van der Waals surface area contributed by atoms with Gasteiger partial charge < -0.3 is 10.1 Å². The van der Waals surface area contributed by atoms with Gasteiger partial charge in [-0.05, 0) is 32.2 Å². The average Bonchev–Trinajstić information content (AvgIpc) is 2.59. The van der Waals surface area contributed by atoms with E-state index in [4.69, 9.17) is 4.74 Å². The Balaban J connectivity index is 2.27. The van der Waals surface area contributed by atoms with Crippen LogP contribution in [0, 0.1) is 5.92 Å². The Morgan fingerprint density at radius 1 is 1.75 bits per heavy atom. The van der Waals surface area contributed by atoms with Gasteiger partial charge in [0.2, 0.25) is 0 Å². The molecule has 0 aliphatic carbocycles. The molecule has 1 N–H and O–H groups in total. The maximum atomic E-state index is 5.35. The maximum Gasteiger partial charge on any atom is 0.0510 e. The van der Waals surface area contributed by atoms with Crippen LogP contribution in [-0.2, 0) is 4.74 Å². The average molecular weight is 169 g/mol. The van der Waals surface area contributed by atoms with Crippen LogP contribution in [0.3, 0.4) is 0 Å². The van der Waals surface area contributed by atoms with Gasteiger partial charge in [-0.1, -0.05) is 6.08 Å². The molecule has 0 radical (unpaired) electrons. The summed E-state index contributed by atoms with van der Waals surface area (Å²) in [5.41, 5.74) is 0. The topological polar surface area (TPSA) is 21.3 Å². The standard InChI is InChI=1S/C10H19NO/c1-3-4-5-10(11-2)9-6-7-12-8-9/h3,9-11H,1,4-8H2,2H3. The molecule has 2 nitrogen and oxygen atoms in total. The van der Waals surface area contributed by atoms with Gasteiger partial charge in [0.25, 0.3) is 0 Å². The highest BCUT2D eigenvalue weighted by molar-refractivity contribution is 4.81. The van der Waals surface area contributed by atoms with Crippen molar-refractivity contribution < 1.29 is 4.74 Å². The predicted octanol–water partition coefficient (Wildman–Crippen LogP) is 1.58. The van der Waals surface area contributed by atoms with E-state index in [1.165, 1.54) is 12.8 Å². The number of hydrogen-bond acceptors (Lipinski definition) is 2. The molecule has 0 bridgehead atoms. The molecule has 0 aromatic rings. The van der Waals surface area contributed by atoms with Crippen LogP contribution in [0.2, 0.25) is 0 Å². The molecule has 0 amide bonds. The fourth-order valence-electron chi connectivity index (χ4n) is 1.78. The highest BCUT2D eigenvalue weighted by atomic mass is 16.5. The Hall–Kier alpha value is -0.340. The molecule has 1 rings (SSSR count). The Morgan fingerprint density at radius 3 is 3.08 bits per heavy atom. The first-order chi connectivity index (χ1) is 5.88. The summed E-state index contributed by atoms with van der Waals surface area (Å²) in [6, 6.07) is 0.616. The normalized spacial score (nSPS) is 25.6. The predicted molar refractivity (Wildman–Crippen MR) is 51.2 cm³/mol. The van der Waals surface area contributed by atoms with E-state index in [1.807, 2.05) is 13.1 Å². The smallest absolute Gasteiger partial charge is 0.0510 e. The van der Waals surface area contributed by atoms with Crippen LogP contribution >= 0.6 is 0 Å². The molecule has 2 heteroatoms. The van der Waals surface area contributed by atoms with Crippen LogP contribution in [0.15, 0.2) is 12.7 Å². The first-order valence-electron chi connectivity index (χ1n) is 4.74. The van der Waals surface area contributed by atoms with Gasteiger partial charge >= 0.3 is 0 Å². The summed E-state index contributed by atoms with van der Waals surface area (Å²) in [4.78, 5) is 0. The minimum Gasteiger partial charge on any atom is -0.381 e. The number of hydrogen-bond donors (Lipinski definition) is 1. The van der Waals surface area contributed by atoms with Crippen molar-refractivity contribution in [2.45, 2.75) is 25.3 Å². The summed E-state index contributed by atoms with van der Waals surface area (Å²) in [5, 5.41) is 3.35. The second-order valence-corrected chi connectivity index (χ2v) is 3.38. The fourth-order valence-corrected chi connectivity index (χ4v) is 1.78. The minimum atomic E-state index is 0.616. The van der Waals surface area contributed by atoms with Gasteiger partial charge in [-0.15, -0.1) is 6.58 Å². The zero-order valence-corrected chi connectivity index (χ0v) is 7.88. The van der Waals surface area contributed by atoms with Gasteiger partial charge in [-0.25, -0.2) is 0 Å². The Bertz CT molecular complexity index is 130. The summed E-state index contributed by atoms with van der Waals surface area (Å²) < 4.78 is 5.35. The lowest BCUT2D eigenvalue weighted by molar-refractivity contribution is 0.176. The van der Waals surface area contributed by atoms with E-state index in [2.05, 4.69) is 11.9 Å². The van der Waals surface area contributed by atoms with E-state index in [1.54, 1.807) is 0 Å². The quantitative estimate of drug-likeness (QED) is 0.631. The van der Waals surface area contributed by atoms with Gasteiger partial charge in [0.1, 0.15) is 0 Å². The molecule has 12 heavy (non-hydrogen) atoms. The third-order valence-corrected chi connectivity index (χ3v) is 2.59. The first-order valence-corrected chi connectivity index (χ1v) is 4.74. The summed E-state index contributed by atoms with van der Waals surface area (Å²) >= 11 is 0. The lowest BCUT2D eigenvalue weighted by Gasteiger charge is -2.20. The van der Waals surface area contributed by atoms with Gasteiger partial charge in [-0.2, -0.15) is 0 Å². The molecule has 0 spiro atoms. The van der Waals surface area contributed by atoms with Crippen LogP contribution in [-0.4, -0.2) is 26.3 Å². The van der Waals surface area contributed by atoms with Crippen LogP contribution in [0.4, 0.5) is 0 Å². The molecule has 0 aromatic heterocycles. The largest absolute Gasteiger partial charge is 0.381 e. The summed E-state index contributed by atoms with van der Waals surface area (Å²) in [6.45, 7) is 5.61. The van der Waals surface area contributed by atoms with Gasteiger partial charge in [0.15, 0.2) is 0 Å². The van der Waals surface area contributed by atoms with Crippen molar-refractivity contribution in [2.24, 2.45) is 5.92 Å². The second kappa shape index (κ2) is 5.33. The fraction of sp³-hybridized carbons (Fsp3) is 0.800. The lowest BCUT2D eigenvalue weighted by atomic mass is 9.95. The van der Waals surface area contributed by atoms with Crippen molar-refractivity contribution in [1.29, 1.82) is 0 Å². The number of nitrogens with one attached hydrogen (secondary N) is 1. The minimum absolute atomic E-state index is 0.616. The zero-order chi connectivity index (χ0) is 8.81. The first kappa shape index (κ1) is 9.75. The highest BCUT2D eigenvalue weighted by Crippen LogP contribution is 2.19. The maximum absolute atomic E-state index is 5.35. The molecular formula is C10H19NO. The van der Waals surface area contributed by atoms with E-state index in [9.17, 15) is 0 Å². The monoisotopic (exact) mass is 169 g/mol. The molecule has 1 aliphatic rings. The van der Waals surface area contributed by atoms with E-state index in [-0.39, 0.29) is 0 Å². The van der Waals surface area contributed by atoms with Crippen LogP contribution in [0.1, 0.15) is 19.3 Å². The van der Waals surface area contributed by atoms with Crippen LogP contribution in [0.25, 0.3) is 0 Å². The van der Waals surface area contributed by atoms with Crippen molar-refractivity contribution in [3.63, 3.8) is 0 Å². The number of ether oxygens (including phenoxy) is 1. The molecule has 2 unspecified atom stereocenters. The van der Waals surface area contributed by atoms with E-state index >= 15 is 0 Å². The number of allylic oxidation sites excluding steroid dienone is 1. The zero-order valence-electron chi connectivity index (χ0n) is 7.88. The molecule has 0 saturated carbocycles.